The smallest absolute Gasteiger partial charge is 0.289 e. The number of pyridine rings is 1. The predicted octanol–water partition coefficient (Wildman–Crippen LogP) is 2.86. The summed E-state index contributed by atoms with van der Waals surface area (Å²) in [4.78, 5) is 14.8. The third-order valence-corrected chi connectivity index (χ3v) is 4.44. The fourth-order valence-electron chi connectivity index (χ4n) is 1.75. The highest BCUT2D eigenvalue weighted by Crippen LogP contribution is 2.26. The molecule has 4 N–H and O–H groups in total. The van der Waals surface area contributed by atoms with Crippen LogP contribution in [0.25, 0.3) is 0 Å². The van der Waals surface area contributed by atoms with E-state index >= 15 is 0 Å². The Morgan fingerprint density at radius 3 is 2.62 bits per heavy atom. The maximum atomic E-state index is 12.0. The van der Waals surface area contributed by atoms with Gasteiger partial charge in [0.05, 0.1) is 16.5 Å². The Bertz CT molecular complexity index is 889. The molecule has 0 fully saturated rings. The summed E-state index contributed by atoms with van der Waals surface area (Å²) in [6.07, 6.45) is 0. The predicted molar refractivity (Wildman–Crippen MR) is 92.7 cm³/mol. The van der Waals surface area contributed by atoms with E-state index in [1.807, 2.05) is 12.1 Å². The van der Waals surface area contributed by atoms with E-state index in [0.717, 1.165) is 11.8 Å². The van der Waals surface area contributed by atoms with Crippen molar-refractivity contribution < 1.29 is 9.78 Å². The van der Waals surface area contributed by atoms with Gasteiger partial charge in [-0.15, -0.1) is 0 Å². The quantitative estimate of drug-likeness (QED) is 0.793. The molecule has 120 valence electrons. The Morgan fingerprint density at radius 2 is 1.96 bits per heavy atom. The van der Waals surface area contributed by atoms with Crippen molar-refractivity contribution in [2.24, 2.45) is 0 Å². The molecule has 0 bridgehead atoms. The van der Waals surface area contributed by atoms with E-state index in [-0.39, 0.29) is 28.6 Å². The van der Waals surface area contributed by atoms with E-state index in [1.54, 1.807) is 18.2 Å². The molecule has 2 rings (SSSR count). The van der Waals surface area contributed by atoms with Crippen molar-refractivity contribution in [2.45, 2.75) is 5.03 Å². The molecule has 9 heteroatoms. The van der Waals surface area contributed by atoms with Gasteiger partial charge in [0.2, 0.25) is 5.91 Å². The number of nitrogens with one attached hydrogen (secondary N) is 2. The normalized spacial score (nSPS) is 9.83. The monoisotopic (exact) mass is 378 g/mol. The van der Waals surface area contributed by atoms with E-state index in [9.17, 15) is 4.79 Å². The van der Waals surface area contributed by atoms with E-state index in [0.29, 0.717) is 20.8 Å². The number of aromatic nitrogens is 1. The third-order valence-electron chi connectivity index (χ3n) is 2.86. The second-order valence-corrected chi connectivity index (χ2v) is 6.35. The summed E-state index contributed by atoms with van der Waals surface area (Å²) in [6, 6.07) is 9.95. The molecule has 0 radical (unpaired) electrons. The number of hydrogen-bond acceptors (Lipinski definition) is 5. The molecular weight excluding hydrogens is 369 g/mol. The number of benzene rings is 1. The van der Waals surface area contributed by atoms with Gasteiger partial charge in [-0.05, 0) is 24.3 Å². The summed E-state index contributed by atoms with van der Waals surface area (Å²) in [6.45, 7) is 0. The topological polar surface area (TPSA) is 117 Å². The average Bonchev–Trinajstić information content (AvgIpc) is 2.56. The van der Waals surface area contributed by atoms with Crippen molar-refractivity contribution in [1.82, 2.24) is 0 Å². The first kappa shape index (κ1) is 17.9. The third kappa shape index (κ3) is 4.30. The van der Waals surface area contributed by atoms with Gasteiger partial charge in [0.1, 0.15) is 23.3 Å². The first-order valence-electron chi connectivity index (χ1n) is 6.48. The van der Waals surface area contributed by atoms with Crippen LogP contribution < -0.4 is 16.0 Å². The largest absolute Gasteiger partial charge is 0.324 e. The van der Waals surface area contributed by atoms with E-state index < -0.39 is 0 Å². The number of rotatable bonds is 4. The molecule has 0 aliphatic heterocycles. The van der Waals surface area contributed by atoms with Crippen molar-refractivity contribution >= 4 is 52.4 Å². The van der Waals surface area contributed by atoms with Crippen LogP contribution in [0.5, 0.6) is 0 Å². The fourth-order valence-corrected chi connectivity index (χ4v) is 2.88. The molecule has 0 aliphatic carbocycles. The zero-order valence-corrected chi connectivity index (χ0v) is 14.4. The van der Waals surface area contributed by atoms with Gasteiger partial charge in [-0.3, -0.25) is 10.5 Å². The van der Waals surface area contributed by atoms with Crippen LogP contribution in [-0.2, 0) is 4.79 Å². The van der Waals surface area contributed by atoms with Crippen LogP contribution in [0.1, 0.15) is 11.1 Å². The Kier molecular flexibility index (Phi) is 5.88. The Balaban J connectivity index is 2.10. The summed E-state index contributed by atoms with van der Waals surface area (Å²) in [5.41, 5.74) is 6.50. The standard InChI is InChI=1S/C15H9Cl2N5OS/c16-10-1-2-11(17)12(4-10)21-13(23)7-24-15-9(6-19)3-8(5-18)14(20)22-15/h1-4H,7H2,(H2,20,22)(H,21,23)/p+1. The Morgan fingerprint density at radius 1 is 1.25 bits per heavy atom. The summed E-state index contributed by atoms with van der Waals surface area (Å²) >= 11 is 12.9. The number of hydrogen-bond donors (Lipinski definition) is 2. The molecule has 0 unspecified atom stereocenters. The number of anilines is 2. The van der Waals surface area contributed by atoms with E-state index in [2.05, 4.69) is 10.3 Å². The SMILES string of the molecule is N#Cc1cc(C#N)c(SCC(=O)Nc2cc(Cl)ccc2Cl)[nH+]c1N. The molecule has 0 spiro atoms. The number of nitrogens with zero attached hydrogens (tertiary/aromatic N) is 2. The van der Waals surface area contributed by atoms with Gasteiger partial charge in [0.25, 0.3) is 5.82 Å². The zero-order chi connectivity index (χ0) is 17.7. The van der Waals surface area contributed by atoms with Gasteiger partial charge in [-0.25, -0.2) is 4.98 Å². The first-order valence-corrected chi connectivity index (χ1v) is 8.22. The maximum absolute atomic E-state index is 12.0. The molecule has 1 heterocycles. The second kappa shape index (κ2) is 7.89. The molecule has 6 nitrogen and oxygen atoms in total. The van der Waals surface area contributed by atoms with E-state index in [4.69, 9.17) is 39.5 Å². The van der Waals surface area contributed by atoms with Crippen LogP contribution in [-0.4, -0.2) is 11.7 Å². The summed E-state index contributed by atoms with van der Waals surface area (Å²) in [5, 5.41) is 21.9. The van der Waals surface area contributed by atoms with Crippen LogP contribution in [0.2, 0.25) is 10.0 Å². The maximum Gasteiger partial charge on any atom is 0.289 e. The first-order chi connectivity index (χ1) is 11.4. The van der Waals surface area contributed by atoms with E-state index in [1.165, 1.54) is 6.07 Å². The molecule has 2 aromatic rings. The number of nitriles is 2. The summed E-state index contributed by atoms with van der Waals surface area (Å²) in [7, 11) is 0. The van der Waals surface area contributed by atoms with Crippen molar-refractivity contribution in [3.8, 4) is 12.1 Å². The number of nitrogen functional groups attached to an aromatic ring is 1. The number of carbonyl (C=O) groups excluding carboxylic acids is 1. The molecular formula is C15H10Cl2N5OS+. The molecule has 1 amide bonds. The van der Waals surface area contributed by atoms with Crippen molar-refractivity contribution in [3.63, 3.8) is 0 Å². The van der Waals surface area contributed by atoms with Gasteiger partial charge in [0.15, 0.2) is 5.03 Å². The highest BCUT2D eigenvalue weighted by Gasteiger charge is 2.16. The molecule has 1 aromatic heterocycles. The Labute approximate surface area is 152 Å². The van der Waals surface area contributed by atoms with Crippen LogP contribution in [0.3, 0.4) is 0 Å². The molecule has 1 aromatic carbocycles. The average molecular weight is 379 g/mol. The minimum absolute atomic E-state index is 0.0133. The number of aromatic amines is 1. The van der Waals surface area contributed by atoms with Gasteiger partial charge in [0, 0.05) is 5.02 Å². The van der Waals surface area contributed by atoms with Gasteiger partial charge < -0.3 is 5.32 Å². The fraction of sp³-hybridized carbons (Fsp3) is 0.0667. The van der Waals surface area contributed by atoms with Gasteiger partial charge >= 0.3 is 0 Å². The van der Waals surface area contributed by atoms with Crippen LogP contribution in [0.4, 0.5) is 11.5 Å². The van der Waals surface area contributed by atoms with Crippen LogP contribution in [0, 0.1) is 22.7 Å². The van der Waals surface area contributed by atoms with Crippen molar-refractivity contribution in [2.75, 3.05) is 16.8 Å². The Hall–Kier alpha value is -2.45. The second-order valence-electron chi connectivity index (χ2n) is 4.52. The lowest BCUT2D eigenvalue weighted by Gasteiger charge is -2.07. The highest BCUT2D eigenvalue weighted by atomic mass is 35.5. The van der Waals surface area contributed by atoms with Crippen molar-refractivity contribution in [1.29, 1.82) is 10.5 Å². The molecule has 24 heavy (non-hydrogen) atoms. The number of carbonyl (C=O) groups is 1. The number of amides is 1. The lowest BCUT2D eigenvalue weighted by molar-refractivity contribution is -0.410. The zero-order valence-electron chi connectivity index (χ0n) is 12.1. The van der Waals surface area contributed by atoms with Crippen LogP contribution >= 0.6 is 35.0 Å². The number of H-pyrrole nitrogens is 1. The highest BCUT2D eigenvalue weighted by molar-refractivity contribution is 7.99. The number of nitrogens with two attached hydrogens (primary N) is 1. The molecule has 0 aliphatic rings. The summed E-state index contributed by atoms with van der Waals surface area (Å²) in [5.74, 6) is -0.180. The van der Waals surface area contributed by atoms with Gasteiger partial charge in [-0.2, -0.15) is 10.5 Å². The molecule has 0 saturated carbocycles. The number of thioether (sulfide) groups is 1. The molecule has 0 atom stereocenters. The lowest BCUT2D eigenvalue weighted by atomic mass is 10.2. The van der Waals surface area contributed by atoms with Crippen LogP contribution in [0.15, 0.2) is 29.3 Å². The number of halogens is 2. The minimum atomic E-state index is -0.329. The lowest BCUT2D eigenvalue weighted by Crippen LogP contribution is -2.19. The summed E-state index contributed by atoms with van der Waals surface area (Å²) < 4.78 is 0. The minimum Gasteiger partial charge on any atom is -0.324 e. The molecule has 0 saturated heterocycles. The van der Waals surface area contributed by atoms with Crippen molar-refractivity contribution in [3.05, 3.63) is 45.4 Å². The van der Waals surface area contributed by atoms with Gasteiger partial charge in [-0.1, -0.05) is 35.0 Å².